The number of para-hydroxylation sites is 2. The molecule has 0 aliphatic carbocycles. The Bertz CT molecular complexity index is 566. The van der Waals surface area contributed by atoms with Crippen molar-refractivity contribution in [2.24, 2.45) is 0 Å². The lowest BCUT2D eigenvalue weighted by Crippen LogP contribution is -2.14. The van der Waals surface area contributed by atoms with Crippen molar-refractivity contribution in [3.8, 4) is 5.75 Å². The second-order valence-corrected chi connectivity index (χ2v) is 4.76. The van der Waals surface area contributed by atoms with Crippen molar-refractivity contribution < 1.29 is 9.53 Å². The fraction of sp³-hybridized carbons (Fsp3) is 0.235. The molecule has 1 N–H and O–H groups in total. The van der Waals surface area contributed by atoms with Gasteiger partial charge in [0.05, 0.1) is 7.11 Å². The van der Waals surface area contributed by atoms with Gasteiger partial charge in [0.15, 0.2) is 0 Å². The first-order valence-electron chi connectivity index (χ1n) is 6.68. The van der Waals surface area contributed by atoms with E-state index < -0.39 is 0 Å². The molecule has 0 heterocycles. The summed E-state index contributed by atoms with van der Waals surface area (Å²) in [5.74, 6) is 0.942. The van der Waals surface area contributed by atoms with Crippen LogP contribution in [0.4, 0.5) is 5.69 Å². The van der Waals surface area contributed by atoms with Crippen LogP contribution in [0.15, 0.2) is 54.6 Å². The van der Waals surface area contributed by atoms with E-state index in [0.29, 0.717) is 6.42 Å². The van der Waals surface area contributed by atoms with Crippen molar-refractivity contribution in [1.29, 1.82) is 0 Å². The van der Waals surface area contributed by atoms with Gasteiger partial charge < -0.3 is 10.1 Å². The fourth-order valence-corrected chi connectivity index (χ4v) is 2.20. The number of hydrogen-bond donors (Lipinski definition) is 1. The van der Waals surface area contributed by atoms with Gasteiger partial charge in [0.1, 0.15) is 5.75 Å². The van der Waals surface area contributed by atoms with Gasteiger partial charge in [0.25, 0.3) is 0 Å². The van der Waals surface area contributed by atoms with Crippen LogP contribution in [0, 0.1) is 0 Å². The van der Waals surface area contributed by atoms with Crippen molar-refractivity contribution >= 4 is 11.6 Å². The first-order chi connectivity index (χ1) is 9.70. The van der Waals surface area contributed by atoms with Gasteiger partial charge in [-0.1, -0.05) is 43.3 Å². The molecule has 0 spiro atoms. The molecule has 0 aromatic heterocycles. The molecule has 2 rings (SSSR count). The van der Waals surface area contributed by atoms with Crippen molar-refractivity contribution in [3.05, 3.63) is 60.2 Å². The largest absolute Gasteiger partial charge is 0.496 e. The van der Waals surface area contributed by atoms with Crippen LogP contribution in [-0.4, -0.2) is 13.0 Å². The Morgan fingerprint density at radius 1 is 1.10 bits per heavy atom. The van der Waals surface area contributed by atoms with E-state index in [2.05, 4.69) is 5.32 Å². The van der Waals surface area contributed by atoms with Crippen molar-refractivity contribution in [2.45, 2.75) is 19.3 Å². The van der Waals surface area contributed by atoms with E-state index in [1.807, 2.05) is 61.5 Å². The van der Waals surface area contributed by atoms with Gasteiger partial charge in [-0.15, -0.1) is 0 Å². The quantitative estimate of drug-likeness (QED) is 0.896. The summed E-state index contributed by atoms with van der Waals surface area (Å²) >= 11 is 0. The van der Waals surface area contributed by atoms with E-state index in [9.17, 15) is 4.79 Å². The number of rotatable bonds is 5. The third-order valence-corrected chi connectivity index (χ3v) is 3.22. The molecule has 0 aliphatic heterocycles. The van der Waals surface area contributed by atoms with E-state index in [4.69, 9.17) is 4.74 Å². The maximum absolute atomic E-state index is 12.0. The van der Waals surface area contributed by atoms with Crippen LogP contribution in [0.2, 0.25) is 0 Å². The normalized spacial score (nSPS) is 11.7. The second-order valence-electron chi connectivity index (χ2n) is 4.76. The highest BCUT2D eigenvalue weighted by atomic mass is 16.5. The first kappa shape index (κ1) is 14.1. The molecule has 0 radical (unpaired) electrons. The second kappa shape index (κ2) is 6.75. The third kappa shape index (κ3) is 3.60. The van der Waals surface area contributed by atoms with E-state index >= 15 is 0 Å². The molecule has 2 aromatic rings. The number of anilines is 1. The molecule has 0 fully saturated rings. The highest BCUT2D eigenvalue weighted by Gasteiger charge is 2.14. The summed E-state index contributed by atoms with van der Waals surface area (Å²) in [6.07, 6.45) is 0.426. The summed E-state index contributed by atoms with van der Waals surface area (Å²) in [6, 6.07) is 17.3. The minimum absolute atomic E-state index is 0.00889. The molecule has 1 amide bonds. The van der Waals surface area contributed by atoms with Gasteiger partial charge in [-0.05, 0) is 29.7 Å². The summed E-state index contributed by atoms with van der Waals surface area (Å²) in [5, 5.41) is 2.90. The average Bonchev–Trinajstić information content (AvgIpc) is 2.48. The Morgan fingerprint density at radius 2 is 1.75 bits per heavy atom. The molecule has 1 atom stereocenters. The van der Waals surface area contributed by atoms with Crippen LogP contribution in [0.25, 0.3) is 0 Å². The third-order valence-electron chi connectivity index (χ3n) is 3.22. The number of benzene rings is 2. The van der Waals surface area contributed by atoms with E-state index in [0.717, 1.165) is 17.0 Å². The lowest BCUT2D eigenvalue weighted by atomic mass is 9.96. The molecule has 0 saturated carbocycles. The minimum Gasteiger partial charge on any atom is -0.496 e. The summed E-state index contributed by atoms with van der Waals surface area (Å²) in [6.45, 7) is 2.03. The highest BCUT2D eigenvalue weighted by Crippen LogP contribution is 2.28. The van der Waals surface area contributed by atoms with Gasteiger partial charge >= 0.3 is 0 Å². The Kier molecular flexibility index (Phi) is 4.77. The zero-order valence-corrected chi connectivity index (χ0v) is 11.8. The monoisotopic (exact) mass is 269 g/mol. The van der Waals surface area contributed by atoms with Crippen LogP contribution >= 0.6 is 0 Å². The summed E-state index contributed by atoms with van der Waals surface area (Å²) in [7, 11) is 1.65. The standard InChI is InChI=1S/C17H19NO2/c1-13(15-10-6-7-11-16(15)20-2)12-17(19)18-14-8-4-3-5-9-14/h3-11,13H,12H2,1-2H3,(H,18,19). The Balaban J connectivity index is 2.00. The SMILES string of the molecule is COc1ccccc1C(C)CC(=O)Nc1ccccc1. The van der Waals surface area contributed by atoms with Crippen LogP contribution in [0.1, 0.15) is 24.8 Å². The summed E-state index contributed by atoms with van der Waals surface area (Å²) in [5.41, 5.74) is 1.88. The lowest BCUT2D eigenvalue weighted by Gasteiger charge is -2.15. The predicted molar refractivity (Wildman–Crippen MR) is 81.1 cm³/mol. The number of nitrogens with one attached hydrogen (secondary N) is 1. The number of methoxy groups -OCH3 is 1. The number of ether oxygens (including phenoxy) is 1. The molecule has 0 aliphatic rings. The average molecular weight is 269 g/mol. The van der Waals surface area contributed by atoms with Gasteiger partial charge in [0.2, 0.25) is 5.91 Å². The van der Waals surface area contributed by atoms with Gasteiger partial charge in [-0.3, -0.25) is 4.79 Å². The molecular formula is C17H19NO2. The maximum atomic E-state index is 12.0. The zero-order chi connectivity index (χ0) is 14.4. The number of hydrogen-bond acceptors (Lipinski definition) is 2. The number of carbonyl (C=O) groups is 1. The number of carbonyl (C=O) groups excluding carboxylic acids is 1. The van der Waals surface area contributed by atoms with E-state index in [1.54, 1.807) is 7.11 Å². The molecular weight excluding hydrogens is 250 g/mol. The van der Waals surface area contributed by atoms with Crippen molar-refractivity contribution in [1.82, 2.24) is 0 Å². The van der Waals surface area contributed by atoms with Gasteiger partial charge in [-0.25, -0.2) is 0 Å². The smallest absolute Gasteiger partial charge is 0.224 e. The maximum Gasteiger partial charge on any atom is 0.224 e. The van der Waals surface area contributed by atoms with E-state index in [1.165, 1.54) is 0 Å². The topological polar surface area (TPSA) is 38.3 Å². The molecule has 3 heteroatoms. The van der Waals surface area contributed by atoms with E-state index in [-0.39, 0.29) is 11.8 Å². The lowest BCUT2D eigenvalue weighted by molar-refractivity contribution is -0.116. The predicted octanol–water partition coefficient (Wildman–Crippen LogP) is 3.83. The molecule has 104 valence electrons. The summed E-state index contributed by atoms with van der Waals surface area (Å²) in [4.78, 5) is 12.0. The Labute approximate surface area is 119 Å². The molecule has 0 bridgehead atoms. The highest BCUT2D eigenvalue weighted by molar-refractivity contribution is 5.91. The van der Waals surface area contributed by atoms with Crippen molar-refractivity contribution in [3.63, 3.8) is 0 Å². The molecule has 2 aromatic carbocycles. The van der Waals surface area contributed by atoms with Crippen LogP contribution in [-0.2, 0) is 4.79 Å². The van der Waals surface area contributed by atoms with Crippen molar-refractivity contribution in [2.75, 3.05) is 12.4 Å². The first-order valence-corrected chi connectivity index (χ1v) is 6.68. The van der Waals surface area contributed by atoms with Crippen LogP contribution < -0.4 is 10.1 Å². The Morgan fingerprint density at radius 3 is 2.45 bits per heavy atom. The molecule has 1 unspecified atom stereocenters. The fourth-order valence-electron chi connectivity index (χ4n) is 2.20. The number of amides is 1. The Hall–Kier alpha value is -2.29. The molecule has 3 nitrogen and oxygen atoms in total. The molecule has 0 saturated heterocycles. The minimum atomic E-state index is 0.00889. The summed E-state index contributed by atoms with van der Waals surface area (Å²) < 4.78 is 5.33. The van der Waals surface area contributed by atoms with Crippen LogP contribution in [0.5, 0.6) is 5.75 Å². The zero-order valence-electron chi connectivity index (χ0n) is 11.8. The molecule has 20 heavy (non-hydrogen) atoms. The van der Waals surface area contributed by atoms with Gasteiger partial charge in [-0.2, -0.15) is 0 Å². The van der Waals surface area contributed by atoms with Crippen LogP contribution in [0.3, 0.4) is 0 Å². The van der Waals surface area contributed by atoms with Gasteiger partial charge in [0, 0.05) is 12.1 Å².